The second kappa shape index (κ2) is 4.73. The fraction of sp³-hybridized carbons (Fsp3) is 0.278. The second-order valence-corrected chi connectivity index (χ2v) is 7.16. The summed E-state index contributed by atoms with van der Waals surface area (Å²) in [5, 5.41) is 14.0. The maximum Gasteiger partial charge on any atom is 0.244 e. The van der Waals surface area contributed by atoms with Gasteiger partial charge in [0, 0.05) is 45.2 Å². The first-order valence-corrected chi connectivity index (χ1v) is 8.62. The molecule has 6 nitrogen and oxygen atoms in total. The highest BCUT2D eigenvalue weighted by molar-refractivity contribution is 6.31. The van der Waals surface area contributed by atoms with Crippen LogP contribution in [0.1, 0.15) is 36.1 Å². The third kappa shape index (κ3) is 1.67. The average molecular weight is 355 g/mol. The van der Waals surface area contributed by atoms with E-state index in [2.05, 4.69) is 20.8 Å². The van der Waals surface area contributed by atoms with Crippen molar-refractivity contribution in [3.05, 3.63) is 51.3 Å². The predicted octanol–water partition coefficient (Wildman–Crippen LogP) is 3.04. The van der Waals surface area contributed by atoms with Crippen molar-refractivity contribution in [1.82, 2.24) is 10.2 Å². The summed E-state index contributed by atoms with van der Waals surface area (Å²) < 4.78 is 0. The Bertz CT molecular complexity index is 1010. The Morgan fingerprint density at radius 1 is 1.20 bits per heavy atom. The molecule has 1 spiro atoms. The number of H-pyrrole nitrogens is 1. The van der Waals surface area contributed by atoms with E-state index in [0.717, 1.165) is 29.8 Å². The van der Waals surface area contributed by atoms with Gasteiger partial charge in [0.05, 0.1) is 0 Å². The molecular weight excluding hydrogens is 340 g/mol. The molecule has 0 radical (unpaired) electrons. The Morgan fingerprint density at radius 2 is 2.04 bits per heavy atom. The normalized spacial score (nSPS) is 23.9. The monoisotopic (exact) mass is 354 g/mol. The number of fused-ring (bicyclic) bond motifs is 5. The van der Waals surface area contributed by atoms with Gasteiger partial charge in [0.2, 0.25) is 5.91 Å². The van der Waals surface area contributed by atoms with Gasteiger partial charge in [-0.15, -0.1) is 0 Å². The van der Waals surface area contributed by atoms with Crippen LogP contribution in [0.2, 0.25) is 5.02 Å². The lowest BCUT2D eigenvalue weighted by atomic mass is 9.64. The van der Waals surface area contributed by atoms with Crippen LogP contribution in [0.15, 0.2) is 29.5 Å². The molecule has 3 heterocycles. The van der Waals surface area contributed by atoms with Gasteiger partial charge in [-0.2, -0.15) is 5.10 Å². The van der Waals surface area contributed by atoms with Crippen molar-refractivity contribution in [3.63, 3.8) is 0 Å². The lowest BCUT2D eigenvalue weighted by Gasteiger charge is -2.38. The number of hydrogen-bond donors (Lipinski definition) is 3. The number of rotatable bonds is 0. The van der Waals surface area contributed by atoms with Crippen molar-refractivity contribution in [2.75, 3.05) is 10.6 Å². The summed E-state index contributed by atoms with van der Waals surface area (Å²) in [6.07, 6.45) is 1.93. The van der Waals surface area contributed by atoms with Gasteiger partial charge in [0.25, 0.3) is 0 Å². The van der Waals surface area contributed by atoms with Crippen LogP contribution in [0, 0.1) is 6.92 Å². The zero-order valence-electron chi connectivity index (χ0n) is 13.5. The molecule has 1 aliphatic carbocycles. The molecule has 2 aromatic rings. The van der Waals surface area contributed by atoms with Crippen LogP contribution in [-0.4, -0.2) is 21.9 Å². The number of amides is 1. The van der Waals surface area contributed by atoms with Crippen LogP contribution >= 0.6 is 11.6 Å². The summed E-state index contributed by atoms with van der Waals surface area (Å²) in [7, 11) is 0. The van der Waals surface area contributed by atoms with E-state index in [1.54, 1.807) is 18.2 Å². The maximum atomic E-state index is 13.3. The van der Waals surface area contributed by atoms with Crippen molar-refractivity contribution >= 4 is 34.8 Å². The van der Waals surface area contributed by atoms with Gasteiger partial charge in [-0.25, -0.2) is 0 Å². The molecule has 25 heavy (non-hydrogen) atoms. The molecular formula is C18H15ClN4O2. The van der Waals surface area contributed by atoms with Crippen LogP contribution in [0.25, 0.3) is 0 Å². The molecule has 1 amide bonds. The van der Waals surface area contributed by atoms with E-state index in [4.69, 9.17) is 11.6 Å². The molecule has 0 saturated carbocycles. The van der Waals surface area contributed by atoms with E-state index in [-0.39, 0.29) is 11.7 Å². The van der Waals surface area contributed by atoms with Gasteiger partial charge in [-0.3, -0.25) is 14.7 Å². The number of halogens is 1. The van der Waals surface area contributed by atoms with E-state index in [0.29, 0.717) is 34.1 Å². The second-order valence-electron chi connectivity index (χ2n) is 6.72. The largest absolute Gasteiger partial charge is 0.342 e. The maximum absolute atomic E-state index is 13.3. The van der Waals surface area contributed by atoms with Crippen LogP contribution in [0.3, 0.4) is 0 Å². The number of nitrogens with one attached hydrogen (secondary N) is 3. The molecule has 0 fully saturated rings. The summed E-state index contributed by atoms with van der Waals surface area (Å²) in [5.74, 6) is 0.386. The molecule has 2 aliphatic heterocycles. The summed E-state index contributed by atoms with van der Waals surface area (Å²) >= 11 is 6.25. The molecule has 126 valence electrons. The Balaban J connectivity index is 1.94. The molecule has 1 atom stereocenters. The first-order valence-electron chi connectivity index (χ1n) is 8.24. The predicted molar refractivity (Wildman–Crippen MR) is 93.7 cm³/mol. The van der Waals surface area contributed by atoms with Crippen molar-refractivity contribution in [2.24, 2.45) is 0 Å². The van der Waals surface area contributed by atoms with Crippen LogP contribution in [-0.2, 0) is 15.0 Å². The number of aryl methyl sites for hydroxylation is 1. The number of carbonyl (C=O) groups is 2. The van der Waals surface area contributed by atoms with Crippen LogP contribution in [0.5, 0.6) is 0 Å². The highest BCUT2D eigenvalue weighted by Crippen LogP contribution is 2.55. The number of allylic oxidation sites excluding steroid dienone is 1. The number of carbonyl (C=O) groups excluding carboxylic acids is 2. The minimum absolute atomic E-state index is 0.00276. The first-order chi connectivity index (χ1) is 12.0. The summed E-state index contributed by atoms with van der Waals surface area (Å²) in [6, 6.07) is 5.31. The molecule has 5 rings (SSSR count). The third-order valence-corrected chi connectivity index (χ3v) is 5.59. The number of aromatic amines is 1. The fourth-order valence-corrected chi connectivity index (χ4v) is 4.59. The van der Waals surface area contributed by atoms with Gasteiger partial charge < -0.3 is 10.6 Å². The Labute approximate surface area is 148 Å². The Morgan fingerprint density at radius 3 is 2.88 bits per heavy atom. The number of anilines is 2. The summed E-state index contributed by atoms with van der Waals surface area (Å²) in [4.78, 5) is 26.3. The first kappa shape index (κ1) is 14.7. The fourth-order valence-electron chi connectivity index (χ4n) is 4.42. The van der Waals surface area contributed by atoms with Gasteiger partial charge in [-0.1, -0.05) is 11.6 Å². The Hall–Kier alpha value is -2.60. The van der Waals surface area contributed by atoms with Gasteiger partial charge in [0.1, 0.15) is 5.41 Å². The average Bonchev–Trinajstić information content (AvgIpc) is 3.07. The van der Waals surface area contributed by atoms with Crippen molar-refractivity contribution < 1.29 is 9.59 Å². The van der Waals surface area contributed by atoms with Crippen molar-refractivity contribution in [3.8, 4) is 0 Å². The third-order valence-electron chi connectivity index (χ3n) is 5.35. The SMILES string of the molecule is Cc1[nH]nc2c1C1(C(=O)Nc3ccc(Cl)cc31)C1=C(CCCC1=O)N2. The number of hydrogen-bond acceptors (Lipinski definition) is 4. The van der Waals surface area contributed by atoms with E-state index < -0.39 is 5.41 Å². The van der Waals surface area contributed by atoms with E-state index in [1.165, 1.54) is 0 Å². The standard InChI is InChI=1S/C18H15ClN4O2/c1-8-14-16(23-22-8)20-12-3-2-4-13(24)15(12)18(14)10-7-9(19)5-6-11(10)21-17(18)25/h5-7H,2-4H2,1H3,(H,21,25)(H2,20,22,23). The Kier molecular flexibility index (Phi) is 2.78. The lowest BCUT2D eigenvalue weighted by molar-refractivity contribution is -0.122. The van der Waals surface area contributed by atoms with Crippen LogP contribution < -0.4 is 10.6 Å². The number of nitrogens with zero attached hydrogens (tertiary/aromatic N) is 1. The number of Topliss-reactive ketones (excluding diaryl/α,β-unsaturated/α-hetero) is 1. The van der Waals surface area contributed by atoms with Crippen molar-refractivity contribution in [1.29, 1.82) is 0 Å². The van der Waals surface area contributed by atoms with Gasteiger partial charge >= 0.3 is 0 Å². The number of ketones is 1. The molecule has 0 saturated heterocycles. The highest BCUT2D eigenvalue weighted by Gasteiger charge is 2.58. The van der Waals surface area contributed by atoms with E-state index >= 15 is 0 Å². The zero-order chi connectivity index (χ0) is 17.3. The molecule has 7 heteroatoms. The number of benzene rings is 1. The summed E-state index contributed by atoms with van der Waals surface area (Å²) in [5.41, 5.74) is 3.01. The quantitative estimate of drug-likeness (QED) is 0.678. The minimum Gasteiger partial charge on any atom is -0.342 e. The number of aromatic nitrogens is 2. The van der Waals surface area contributed by atoms with Gasteiger partial charge in [0.15, 0.2) is 11.6 Å². The van der Waals surface area contributed by atoms with Crippen molar-refractivity contribution in [2.45, 2.75) is 31.6 Å². The van der Waals surface area contributed by atoms with E-state index in [1.807, 2.05) is 6.92 Å². The molecule has 0 bridgehead atoms. The molecule has 1 aromatic heterocycles. The van der Waals surface area contributed by atoms with E-state index in [9.17, 15) is 9.59 Å². The molecule has 1 aromatic carbocycles. The zero-order valence-corrected chi connectivity index (χ0v) is 14.3. The minimum atomic E-state index is -1.19. The lowest BCUT2D eigenvalue weighted by Crippen LogP contribution is -2.45. The van der Waals surface area contributed by atoms with Crippen LogP contribution in [0.4, 0.5) is 11.5 Å². The molecule has 3 aliphatic rings. The molecule has 1 unspecified atom stereocenters. The highest BCUT2D eigenvalue weighted by atomic mass is 35.5. The summed E-state index contributed by atoms with van der Waals surface area (Å²) in [6.45, 7) is 1.87. The topological polar surface area (TPSA) is 86.9 Å². The van der Waals surface area contributed by atoms with Gasteiger partial charge in [-0.05, 0) is 38.0 Å². The molecule has 3 N–H and O–H groups in total. The smallest absolute Gasteiger partial charge is 0.244 e.